The third-order valence-corrected chi connectivity index (χ3v) is 2.97. The molecule has 1 unspecified atom stereocenters. The summed E-state index contributed by atoms with van der Waals surface area (Å²) in [5, 5.41) is 14.8. The zero-order valence-electron chi connectivity index (χ0n) is 10.6. The second-order valence-corrected chi connectivity index (χ2v) is 4.41. The number of aromatic carboxylic acids is 1. The van der Waals surface area contributed by atoms with Crippen LogP contribution in [0.4, 0.5) is 5.69 Å². The number of hydrogen-bond acceptors (Lipinski definition) is 4. The first kappa shape index (κ1) is 13.5. The molecule has 0 spiro atoms. The number of hydrogen-bond donors (Lipinski definition) is 3. The second kappa shape index (κ2) is 5.81. The molecule has 3 N–H and O–H groups in total. The summed E-state index contributed by atoms with van der Waals surface area (Å²) in [7, 11) is 0. The van der Waals surface area contributed by atoms with Gasteiger partial charge in [0.25, 0.3) is 0 Å². The van der Waals surface area contributed by atoms with Crippen LogP contribution in [0.3, 0.4) is 0 Å². The molecule has 0 radical (unpaired) electrons. The number of nitrogens with one attached hydrogen (secondary N) is 2. The van der Waals surface area contributed by atoms with Gasteiger partial charge in [-0.1, -0.05) is 6.07 Å². The lowest BCUT2D eigenvalue weighted by molar-refractivity contribution is -0.120. The standard InChI is InChI=1S/C13H16N2O4/c1-8-2-3-9(6-10(8)13(17)18)15-12(16)11-7-19-5-4-14-11/h2-3,6,11,14H,4-5,7H2,1H3,(H,15,16)(H,17,18). The van der Waals surface area contributed by atoms with Crippen LogP contribution in [-0.2, 0) is 9.53 Å². The fourth-order valence-corrected chi connectivity index (χ4v) is 1.89. The zero-order valence-corrected chi connectivity index (χ0v) is 10.6. The minimum absolute atomic E-state index is 0.186. The van der Waals surface area contributed by atoms with Crippen molar-refractivity contribution in [3.05, 3.63) is 29.3 Å². The van der Waals surface area contributed by atoms with Crippen molar-refractivity contribution in [2.45, 2.75) is 13.0 Å². The fourth-order valence-electron chi connectivity index (χ4n) is 1.89. The molecule has 1 heterocycles. The Hall–Kier alpha value is -1.92. The van der Waals surface area contributed by atoms with Crippen LogP contribution < -0.4 is 10.6 Å². The molecular formula is C13H16N2O4. The fraction of sp³-hybridized carbons (Fsp3) is 0.385. The minimum Gasteiger partial charge on any atom is -0.478 e. The molecule has 1 fully saturated rings. The van der Waals surface area contributed by atoms with Gasteiger partial charge in [0.05, 0.1) is 18.8 Å². The Morgan fingerprint density at radius 1 is 1.47 bits per heavy atom. The number of carboxylic acid groups (broad SMARTS) is 1. The van der Waals surface area contributed by atoms with Gasteiger partial charge >= 0.3 is 5.97 Å². The Labute approximate surface area is 110 Å². The van der Waals surface area contributed by atoms with E-state index < -0.39 is 12.0 Å². The van der Waals surface area contributed by atoms with E-state index in [0.29, 0.717) is 31.0 Å². The van der Waals surface area contributed by atoms with Gasteiger partial charge in [-0.2, -0.15) is 0 Å². The largest absolute Gasteiger partial charge is 0.478 e. The average molecular weight is 264 g/mol. The van der Waals surface area contributed by atoms with Crippen molar-refractivity contribution in [2.75, 3.05) is 25.1 Å². The van der Waals surface area contributed by atoms with Crippen LogP contribution in [0.25, 0.3) is 0 Å². The molecule has 1 aromatic carbocycles. The maximum absolute atomic E-state index is 11.9. The van der Waals surface area contributed by atoms with E-state index in [2.05, 4.69) is 10.6 Å². The summed E-state index contributed by atoms with van der Waals surface area (Å²) in [4.78, 5) is 22.9. The highest BCUT2D eigenvalue weighted by atomic mass is 16.5. The number of benzene rings is 1. The first-order valence-electron chi connectivity index (χ1n) is 6.04. The van der Waals surface area contributed by atoms with Crippen molar-refractivity contribution in [3.63, 3.8) is 0 Å². The first-order valence-corrected chi connectivity index (χ1v) is 6.04. The molecule has 1 aliphatic heterocycles. The molecule has 102 valence electrons. The second-order valence-electron chi connectivity index (χ2n) is 4.41. The van der Waals surface area contributed by atoms with Gasteiger partial charge < -0.3 is 20.5 Å². The molecule has 1 atom stereocenters. The van der Waals surface area contributed by atoms with E-state index >= 15 is 0 Å². The van der Waals surface area contributed by atoms with Gasteiger partial charge in [0.1, 0.15) is 6.04 Å². The van der Waals surface area contributed by atoms with Crippen molar-refractivity contribution in [2.24, 2.45) is 0 Å². The number of amides is 1. The smallest absolute Gasteiger partial charge is 0.336 e. The molecule has 1 aromatic rings. The molecule has 1 aliphatic rings. The topological polar surface area (TPSA) is 87.7 Å². The Morgan fingerprint density at radius 2 is 2.26 bits per heavy atom. The van der Waals surface area contributed by atoms with Crippen LogP contribution in [0.1, 0.15) is 15.9 Å². The SMILES string of the molecule is Cc1ccc(NC(=O)C2COCCN2)cc1C(=O)O. The molecule has 1 amide bonds. The molecule has 19 heavy (non-hydrogen) atoms. The molecule has 0 aromatic heterocycles. The van der Waals surface area contributed by atoms with E-state index in [-0.39, 0.29) is 11.5 Å². The van der Waals surface area contributed by atoms with Gasteiger partial charge in [-0.3, -0.25) is 4.79 Å². The highest BCUT2D eigenvalue weighted by molar-refractivity contribution is 5.97. The molecule has 1 saturated heterocycles. The lowest BCUT2D eigenvalue weighted by Gasteiger charge is -2.23. The molecule has 0 bridgehead atoms. The number of rotatable bonds is 3. The Morgan fingerprint density at radius 3 is 2.89 bits per heavy atom. The summed E-state index contributed by atoms with van der Waals surface area (Å²) in [5.74, 6) is -1.23. The predicted molar refractivity (Wildman–Crippen MR) is 69.4 cm³/mol. The molecular weight excluding hydrogens is 248 g/mol. The summed E-state index contributed by atoms with van der Waals surface area (Å²) in [6.07, 6.45) is 0. The number of anilines is 1. The summed E-state index contributed by atoms with van der Waals surface area (Å²) in [6, 6.07) is 4.41. The van der Waals surface area contributed by atoms with Gasteiger partial charge in [0, 0.05) is 12.2 Å². The monoisotopic (exact) mass is 264 g/mol. The van der Waals surface area contributed by atoms with Crippen molar-refractivity contribution in [1.29, 1.82) is 0 Å². The van der Waals surface area contributed by atoms with Crippen LogP contribution >= 0.6 is 0 Å². The lowest BCUT2D eigenvalue weighted by atomic mass is 10.1. The number of carboxylic acids is 1. The first-order chi connectivity index (χ1) is 9.08. The number of ether oxygens (including phenoxy) is 1. The molecule has 0 saturated carbocycles. The molecule has 6 nitrogen and oxygen atoms in total. The minimum atomic E-state index is -1.01. The van der Waals surface area contributed by atoms with Gasteiger partial charge in [-0.15, -0.1) is 0 Å². The molecule has 2 rings (SSSR count). The van der Waals surface area contributed by atoms with Gasteiger partial charge in [0.15, 0.2) is 0 Å². The third kappa shape index (κ3) is 3.30. The van der Waals surface area contributed by atoms with Crippen LogP contribution in [0.2, 0.25) is 0 Å². The van der Waals surface area contributed by atoms with Gasteiger partial charge in [-0.25, -0.2) is 4.79 Å². The Kier molecular flexibility index (Phi) is 4.13. The summed E-state index contributed by atoms with van der Waals surface area (Å²) < 4.78 is 5.20. The van der Waals surface area contributed by atoms with Crippen molar-refractivity contribution < 1.29 is 19.4 Å². The number of morpholine rings is 1. The van der Waals surface area contributed by atoms with E-state index in [0.717, 1.165) is 0 Å². The van der Waals surface area contributed by atoms with Crippen molar-refractivity contribution in [1.82, 2.24) is 5.32 Å². The Balaban J connectivity index is 2.08. The molecule has 6 heteroatoms. The highest BCUT2D eigenvalue weighted by Crippen LogP contribution is 2.15. The average Bonchev–Trinajstić information content (AvgIpc) is 2.41. The van der Waals surface area contributed by atoms with Crippen LogP contribution in [-0.4, -0.2) is 42.8 Å². The van der Waals surface area contributed by atoms with Crippen molar-refractivity contribution in [3.8, 4) is 0 Å². The van der Waals surface area contributed by atoms with Crippen LogP contribution in [0.15, 0.2) is 18.2 Å². The number of aryl methyl sites for hydroxylation is 1. The number of carbonyl (C=O) groups is 2. The Bertz CT molecular complexity index is 495. The van der Waals surface area contributed by atoms with E-state index in [1.54, 1.807) is 19.1 Å². The quantitative estimate of drug-likeness (QED) is 0.745. The van der Waals surface area contributed by atoms with Crippen LogP contribution in [0, 0.1) is 6.92 Å². The highest BCUT2D eigenvalue weighted by Gasteiger charge is 2.21. The van der Waals surface area contributed by atoms with E-state index in [1.807, 2.05) is 0 Å². The third-order valence-electron chi connectivity index (χ3n) is 2.97. The summed E-state index contributed by atoms with van der Waals surface area (Å²) in [6.45, 7) is 3.26. The summed E-state index contributed by atoms with van der Waals surface area (Å²) >= 11 is 0. The lowest BCUT2D eigenvalue weighted by Crippen LogP contribution is -2.48. The molecule has 0 aliphatic carbocycles. The van der Waals surface area contributed by atoms with E-state index in [9.17, 15) is 9.59 Å². The number of carbonyl (C=O) groups excluding carboxylic acids is 1. The maximum Gasteiger partial charge on any atom is 0.336 e. The van der Waals surface area contributed by atoms with E-state index in [1.165, 1.54) is 6.07 Å². The van der Waals surface area contributed by atoms with Gasteiger partial charge in [-0.05, 0) is 24.6 Å². The zero-order chi connectivity index (χ0) is 13.8. The maximum atomic E-state index is 11.9. The normalized spacial score (nSPS) is 18.9. The predicted octanol–water partition coefficient (Wildman–Crippen LogP) is 0.620. The van der Waals surface area contributed by atoms with E-state index in [4.69, 9.17) is 9.84 Å². The summed E-state index contributed by atoms with van der Waals surface area (Å²) in [5.41, 5.74) is 1.32. The van der Waals surface area contributed by atoms with Gasteiger partial charge in [0.2, 0.25) is 5.91 Å². The van der Waals surface area contributed by atoms with Crippen LogP contribution in [0.5, 0.6) is 0 Å². The van der Waals surface area contributed by atoms with Crippen molar-refractivity contribution >= 4 is 17.6 Å².